The number of benzene rings is 1. The second kappa shape index (κ2) is 5.90. The predicted molar refractivity (Wildman–Crippen MR) is 81.1 cm³/mol. The van der Waals surface area contributed by atoms with E-state index in [0.29, 0.717) is 18.2 Å². The number of nitrogen functional groups attached to an aromatic ring is 1. The van der Waals surface area contributed by atoms with Crippen LogP contribution in [0.4, 0.5) is 5.82 Å². The lowest BCUT2D eigenvalue weighted by molar-refractivity contribution is 0.414. The van der Waals surface area contributed by atoms with Gasteiger partial charge in [0.1, 0.15) is 17.4 Å². The zero-order chi connectivity index (χ0) is 14.7. The van der Waals surface area contributed by atoms with Gasteiger partial charge in [0.05, 0.1) is 7.11 Å². The second-order valence-corrected chi connectivity index (χ2v) is 5.21. The van der Waals surface area contributed by atoms with Gasteiger partial charge >= 0.3 is 0 Å². The maximum Gasteiger partial charge on any atom is 0.135 e. The molecule has 0 spiro atoms. The Morgan fingerprint density at radius 1 is 1.25 bits per heavy atom. The minimum Gasteiger partial charge on any atom is -0.497 e. The van der Waals surface area contributed by atoms with Gasteiger partial charge in [-0.25, -0.2) is 9.97 Å². The Morgan fingerprint density at radius 3 is 2.60 bits per heavy atom. The van der Waals surface area contributed by atoms with Crippen LogP contribution in [-0.2, 0) is 6.42 Å². The fourth-order valence-corrected chi connectivity index (χ4v) is 2.42. The maximum atomic E-state index is 6.06. The summed E-state index contributed by atoms with van der Waals surface area (Å²) in [7, 11) is 1.66. The van der Waals surface area contributed by atoms with E-state index < -0.39 is 0 Å². The van der Waals surface area contributed by atoms with Crippen LogP contribution in [0.2, 0.25) is 0 Å². The number of rotatable bonds is 4. The molecule has 4 heteroatoms. The average molecular weight is 271 g/mol. The molecule has 2 rings (SSSR count). The predicted octanol–water partition coefficient (Wildman–Crippen LogP) is 3.09. The van der Waals surface area contributed by atoms with Gasteiger partial charge in [0.2, 0.25) is 0 Å². The highest BCUT2D eigenvalue weighted by Gasteiger charge is 2.12. The molecule has 0 atom stereocenters. The molecule has 4 nitrogen and oxygen atoms in total. The highest BCUT2D eigenvalue weighted by Crippen LogP contribution is 2.23. The molecular weight excluding hydrogens is 250 g/mol. The summed E-state index contributed by atoms with van der Waals surface area (Å²) in [5.74, 6) is 2.51. The molecule has 0 aliphatic heterocycles. The largest absolute Gasteiger partial charge is 0.497 e. The van der Waals surface area contributed by atoms with Gasteiger partial charge in [-0.05, 0) is 30.5 Å². The second-order valence-electron chi connectivity index (χ2n) is 5.21. The molecule has 1 heterocycles. The Bertz CT molecular complexity index is 585. The molecule has 0 radical (unpaired) electrons. The molecular formula is C16H21N3O. The van der Waals surface area contributed by atoms with E-state index in [2.05, 4.69) is 23.8 Å². The first-order valence-electron chi connectivity index (χ1n) is 6.77. The third-order valence-electron chi connectivity index (χ3n) is 3.29. The summed E-state index contributed by atoms with van der Waals surface area (Å²) in [4.78, 5) is 9.01. The number of hydrogen-bond donors (Lipinski definition) is 1. The van der Waals surface area contributed by atoms with Crippen molar-refractivity contribution in [1.29, 1.82) is 0 Å². The van der Waals surface area contributed by atoms with Gasteiger partial charge in [-0.15, -0.1) is 0 Å². The fourth-order valence-electron chi connectivity index (χ4n) is 2.42. The monoisotopic (exact) mass is 271 g/mol. The van der Waals surface area contributed by atoms with E-state index in [1.165, 1.54) is 0 Å². The quantitative estimate of drug-likeness (QED) is 0.928. The van der Waals surface area contributed by atoms with Crippen molar-refractivity contribution in [3.05, 3.63) is 46.9 Å². The molecule has 0 unspecified atom stereocenters. The SMILES string of the molecule is COc1cccc(Cc2nc(C)c(C(C)C)c(N)n2)c1. The molecule has 2 aromatic rings. The van der Waals surface area contributed by atoms with Gasteiger partial charge in [0, 0.05) is 17.7 Å². The first kappa shape index (κ1) is 14.3. The lowest BCUT2D eigenvalue weighted by Crippen LogP contribution is -2.09. The van der Waals surface area contributed by atoms with Gasteiger partial charge in [-0.1, -0.05) is 26.0 Å². The van der Waals surface area contributed by atoms with E-state index in [1.54, 1.807) is 7.11 Å². The molecule has 0 bridgehead atoms. The molecule has 2 N–H and O–H groups in total. The van der Waals surface area contributed by atoms with Gasteiger partial charge in [-0.3, -0.25) is 0 Å². The van der Waals surface area contributed by atoms with Crippen molar-refractivity contribution in [1.82, 2.24) is 9.97 Å². The van der Waals surface area contributed by atoms with Crippen molar-refractivity contribution >= 4 is 5.82 Å². The van der Waals surface area contributed by atoms with E-state index in [0.717, 1.165) is 28.4 Å². The molecule has 1 aromatic heterocycles. The Balaban J connectivity index is 2.30. The molecule has 0 saturated carbocycles. The zero-order valence-corrected chi connectivity index (χ0v) is 12.5. The zero-order valence-electron chi connectivity index (χ0n) is 12.5. The maximum absolute atomic E-state index is 6.06. The lowest BCUT2D eigenvalue weighted by Gasteiger charge is -2.13. The Kier molecular flexibility index (Phi) is 4.23. The summed E-state index contributed by atoms with van der Waals surface area (Å²) < 4.78 is 5.23. The van der Waals surface area contributed by atoms with Crippen molar-refractivity contribution in [2.75, 3.05) is 12.8 Å². The minimum atomic E-state index is 0.334. The average Bonchev–Trinajstić information content (AvgIpc) is 2.37. The summed E-state index contributed by atoms with van der Waals surface area (Å²) in [6.07, 6.45) is 0.653. The third-order valence-corrected chi connectivity index (χ3v) is 3.29. The number of aromatic nitrogens is 2. The van der Waals surface area contributed by atoms with E-state index in [9.17, 15) is 0 Å². The van der Waals surface area contributed by atoms with Crippen molar-refractivity contribution in [2.45, 2.75) is 33.1 Å². The van der Waals surface area contributed by atoms with Crippen LogP contribution in [0.1, 0.15) is 42.4 Å². The highest BCUT2D eigenvalue weighted by molar-refractivity contribution is 5.44. The first-order valence-corrected chi connectivity index (χ1v) is 6.77. The van der Waals surface area contributed by atoms with Crippen LogP contribution in [0.5, 0.6) is 5.75 Å². The van der Waals surface area contributed by atoms with Crippen molar-refractivity contribution < 1.29 is 4.74 Å². The Labute approximate surface area is 120 Å². The lowest BCUT2D eigenvalue weighted by atomic mass is 10.0. The molecule has 106 valence electrons. The van der Waals surface area contributed by atoms with Gasteiger partial charge < -0.3 is 10.5 Å². The van der Waals surface area contributed by atoms with Crippen molar-refractivity contribution in [2.24, 2.45) is 0 Å². The number of methoxy groups -OCH3 is 1. The summed E-state index contributed by atoms with van der Waals surface area (Å²) in [6, 6.07) is 7.91. The molecule has 20 heavy (non-hydrogen) atoms. The topological polar surface area (TPSA) is 61.0 Å². The van der Waals surface area contributed by atoms with Crippen LogP contribution >= 0.6 is 0 Å². The van der Waals surface area contributed by atoms with Crippen LogP contribution in [-0.4, -0.2) is 17.1 Å². The van der Waals surface area contributed by atoms with Crippen LogP contribution in [0, 0.1) is 6.92 Å². The van der Waals surface area contributed by atoms with Crippen LogP contribution in [0.25, 0.3) is 0 Å². The first-order chi connectivity index (χ1) is 9.51. The standard InChI is InChI=1S/C16H21N3O/c1-10(2)15-11(3)18-14(19-16(15)17)9-12-6-5-7-13(8-12)20-4/h5-8,10H,9H2,1-4H3,(H2,17,18,19). The minimum absolute atomic E-state index is 0.334. The van der Waals surface area contributed by atoms with Crippen molar-refractivity contribution in [3.8, 4) is 5.75 Å². The van der Waals surface area contributed by atoms with E-state index >= 15 is 0 Å². The molecule has 0 fully saturated rings. The molecule has 0 aliphatic rings. The number of nitrogens with zero attached hydrogens (tertiary/aromatic N) is 2. The van der Waals surface area contributed by atoms with Gasteiger partial charge in [-0.2, -0.15) is 0 Å². The Morgan fingerprint density at radius 2 is 2.00 bits per heavy atom. The number of nitrogens with two attached hydrogens (primary N) is 1. The molecule has 0 saturated heterocycles. The van der Waals surface area contributed by atoms with Crippen LogP contribution in [0.3, 0.4) is 0 Å². The smallest absolute Gasteiger partial charge is 0.135 e. The molecule has 0 amide bonds. The number of hydrogen-bond acceptors (Lipinski definition) is 4. The van der Waals surface area contributed by atoms with E-state index in [-0.39, 0.29) is 0 Å². The summed E-state index contributed by atoms with van der Waals surface area (Å²) in [6.45, 7) is 6.19. The van der Waals surface area contributed by atoms with Gasteiger partial charge in [0.25, 0.3) is 0 Å². The normalized spacial score (nSPS) is 10.8. The summed E-state index contributed by atoms with van der Waals surface area (Å²) in [5, 5.41) is 0. The molecule has 0 aliphatic carbocycles. The Hall–Kier alpha value is -2.10. The van der Waals surface area contributed by atoms with Gasteiger partial charge in [0.15, 0.2) is 0 Å². The summed E-state index contributed by atoms with van der Waals surface area (Å²) >= 11 is 0. The van der Waals surface area contributed by atoms with Crippen molar-refractivity contribution in [3.63, 3.8) is 0 Å². The number of anilines is 1. The van der Waals surface area contributed by atoms with Crippen LogP contribution in [0.15, 0.2) is 24.3 Å². The fraction of sp³-hybridized carbons (Fsp3) is 0.375. The summed E-state index contributed by atoms with van der Waals surface area (Å²) in [5.41, 5.74) is 9.17. The third kappa shape index (κ3) is 3.07. The number of ether oxygens (including phenoxy) is 1. The number of aryl methyl sites for hydroxylation is 1. The highest BCUT2D eigenvalue weighted by atomic mass is 16.5. The van der Waals surface area contributed by atoms with Crippen LogP contribution < -0.4 is 10.5 Å². The van der Waals surface area contributed by atoms with E-state index in [4.69, 9.17) is 10.5 Å². The van der Waals surface area contributed by atoms with E-state index in [1.807, 2.05) is 31.2 Å². The molecule has 1 aromatic carbocycles.